The number of carbonyl (C=O) groups is 1. The third kappa shape index (κ3) is 2.97. The minimum Gasteiger partial charge on any atom is -0.334 e. The Labute approximate surface area is 115 Å². The lowest BCUT2D eigenvalue weighted by Gasteiger charge is -2.33. The molecule has 1 aliphatic carbocycles. The van der Waals surface area contributed by atoms with E-state index in [-0.39, 0.29) is 6.04 Å². The number of hydrogen-bond acceptors (Lipinski definition) is 3. The Morgan fingerprint density at radius 3 is 2.75 bits per heavy atom. The van der Waals surface area contributed by atoms with Crippen molar-refractivity contribution in [3.8, 4) is 0 Å². The van der Waals surface area contributed by atoms with Gasteiger partial charge in [0.25, 0.3) is 5.56 Å². The van der Waals surface area contributed by atoms with Crippen LogP contribution >= 0.6 is 0 Å². The van der Waals surface area contributed by atoms with Gasteiger partial charge in [0.15, 0.2) is 0 Å². The highest BCUT2D eigenvalue weighted by atomic mass is 19.1. The highest BCUT2D eigenvalue weighted by molar-refractivity contribution is 5.76. The molecule has 3 unspecified atom stereocenters. The summed E-state index contributed by atoms with van der Waals surface area (Å²) in [7, 11) is 0. The minimum absolute atomic E-state index is 0.0411. The maximum Gasteiger partial charge on any atom is 0.336 e. The van der Waals surface area contributed by atoms with Crippen LogP contribution in [0.25, 0.3) is 0 Å². The van der Waals surface area contributed by atoms with Crippen molar-refractivity contribution in [3.63, 3.8) is 0 Å². The molecule has 0 aromatic carbocycles. The molecular weight excluding hydrogens is 265 g/mol. The fraction of sp³-hybridized carbons (Fsp3) is 0.615. The molecule has 2 rings (SSSR count). The Balaban J connectivity index is 2.15. The second-order valence-corrected chi connectivity index (χ2v) is 5.56. The molecule has 0 spiro atoms. The lowest BCUT2D eigenvalue weighted by molar-refractivity contribution is 0.206. The van der Waals surface area contributed by atoms with Crippen molar-refractivity contribution in [2.75, 3.05) is 0 Å². The molecule has 0 bridgehead atoms. The fourth-order valence-corrected chi connectivity index (χ4v) is 2.71. The van der Waals surface area contributed by atoms with Gasteiger partial charge in [0.1, 0.15) is 0 Å². The number of hydrogen-bond donors (Lipinski definition) is 2. The first kappa shape index (κ1) is 14.5. The topological polar surface area (TPSA) is 84.0 Å². The van der Waals surface area contributed by atoms with Crippen LogP contribution in [0, 0.1) is 17.7 Å². The van der Waals surface area contributed by atoms with Crippen LogP contribution in [0.2, 0.25) is 0 Å². The maximum absolute atomic E-state index is 13.1. The van der Waals surface area contributed by atoms with Crippen molar-refractivity contribution in [3.05, 3.63) is 32.9 Å². The van der Waals surface area contributed by atoms with Crippen LogP contribution < -0.4 is 16.6 Å². The Hall–Kier alpha value is -1.92. The average molecular weight is 283 g/mol. The van der Waals surface area contributed by atoms with E-state index >= 15 is 0 Å². The summed E-state index contributed by atoms with van der Waals surface area (Å²) in [5.74, 6) is -0.248. The van der Waals surface area contributed by atoms with Crippen LogP contribution in [0.5, 0.6) is 0 Å². The molecule has 0 aliphatic heterocycles. The van der Waals surface area contributed by atoms with Gasteiger partial charge in [-0.25, -0.2) is 14.2 Å². The van der Waals surface area contributed by atoms with E-state index in [1.165, 1.54) is 0 Å². The summed E-state index contributed by atoms with van der Waals surface area (Å²) in [6, 6.07) is -0.753. The van der Waals surface area contributed by atoms with Crippen molar-refractivity contribution in [2.24, 2.45) is 11.8 Å². The number of nitrogens with zero attached hydrogens (tertiary/aromatic N) is 1. The van der Waals surface area contributed by atoms with E-state index in [9.17, 15) is 18.8 Å². The zero-order valence-electron chi connectivity index (χ0n) is 11.5. The second kappa shape index (κ2) is 5.60. The lowest BCUT2D eigenvalue weighted by atomic mass is 9.80. The number of H-pyrrole nitrogens is 1. The number of nitrogens with one attached hydrogen (secondary N) is 2. The molecule has 1 saturated carbocycles. The molecule has 2 N–H and O–H groups in total. The summed E-state index contributed by atoms with van der Waals surface area (Å²) in [5, 5.41) is 2.73. The predicted octanol–water partition coefficient (Wildman–Crippen LogP) is 1.06. The Morgan fingerprint density at radius 2 is 2.10 bits per heavy atom. The molecule has 7 heteroatoms. The molecule has 1 aromatic heterocycles. The van der Waals surface area contributed by atoms with Gasteiger partial charge in [0.05, 0.1) is 6.20 Å². The van der Waals surface area contributed by atoms with E-state index in [2.05, 4.69) is 12.2 Å². The van der Waals surface area contributed by atoms with Gasteiger partial charge in [-0.1, -0.05) is 13.8 Å². The highest BCUT2D eigenvalue weighted by Gasteiger charge is 2.27. The molecule has 1 aliphatic rings. The SMILES string of the molecule is CC1CCC(NC(=O)n2cc(F)c(=O)[nH]c2=O)C(C)C1. The summed E-state index contributed by atoms with van der Waals surface area (Å²) < 4.78 is 13.7. The first-order valence-corrected chi connectivity index (χ1v) is 6.71. The zero-order valence-corrected chi connectivity index (χ0v) is 11.5. The molecule has 0 saturated heterocycles. The summed E-state index contributed by atoms with van der Waals surface area (Å²) in [4.78, 5) is 36.2. The summed E-state index contributed by atoms with van der Waals surface area (Å²) in [6.07, 6.45) is 3.45. The first-order valence-electron chi connectivity index (χ1n) is 6.71. The maximum atomic E-state index is 13.1. The van der Waals surface area contributed by atoms with Gasteiger partial charge in [-0.05, 0) is 31.1 Å². The van der Waals surface area contributed by atoms with E-state index in [4.69, 9.17) is 0 Å². The first-order chi connectivity index (χ1) is 9.38. The van der Waals surface area contributed by atoms with Crippen LogP contribution in [-0.4, -0.2) is 21.6 Å². The number of aromatic nitrogens is 2. The van der Waals surface area contributed by atoms with Gasteiger partial charge in [-0.2, -0.15) is 4.39 Å². The van der Waals surface area contributed by atoms with Gasteiger partial charge in [-0.15, -0.1) is 0 Å². The quantitative estimate of drug-likeness (QED) is 0.808. The molecule has 1 fully saturated rings. The van der Waals surface area contributed by atoms with Crippen molar-refractivity contribution in [1.29, 1.82) is 0 Å². The highest BCUT2D eigenvalue weighted by Crippen LogP contribution is 2.28. The average Bonchev–Trinajstić information content (AvgIpc) is 2.37. The van der Waals surface area contributed by atoms with Gasteiger partial charge < -0.3 is 5.32 Å². The van der Waals surface area contributed by atoms with Crippen LogP contribution in [0.4, 0.5) is 9.18 Å². The largest absolute Gasteiger partial charge is 0.336 e. The smallest absolute Gasteiger partial charge is 0.334 e. The standard InChI is InChI=1S/C13H18FN3O3/c1-7-3-4-10(8(2)5-7)15-12(19)17-6-9(14)11(18)16-13(17)20/h6-8,10H,3-5H2,1-2H3,(H,15,19)(H,16,18,20). The Kier molecular flexibility index (Phi) is 4.06. The molecular formula is C13H18FN3O3. The number of amides is 1. The normalized spacial score (nSPS) is 26.2. The van der Waals surface area contributed by atoms with Gasteiger partial charge >= 0.3 is 11.7 Å². The van der Waals surface area contributed by atoms with E-state index in [1.807, 2.05) is 6.92 Å². The van der Waals surface area contributed by atoms with Crippen molar-refractivity contribution in [1.82, 2.24) is 14.9 Å². The molecule has 1 aromatic rings. The molecule has 110 valence electrons. The lowest BCUT2D eigenvalue weighted by Crippen LogP contribution is -2.48. The van der Waals surface area contributed by atoms with Crippen LogP contribution in [0.15, 0.2) is 15.8 Å². The van der Waals surface area contributed by atoms with Gasteiger partial charge in [0.2, 0.25) is 5.82 Å². The Bertz CT molecular complexity index is 622. The molecule has 0 radical (unpaired) electrons. The van der Waals surface area contributed by atoms with Gasteiger partial charge in [0, 0.05) is 6.04 Å². The van der Waals surface area contributed by atoms with Gasteiger partial charge in [-0.3, -0.25) is 9.78 Å². The number of aromatic amines is 1. The zero-order chi connectivity index (χ0) is 14.9. The molecule has 1 heterocycles. The van der Waals surface area contributed by atoms with E-state index < -0.39 is 23.1 Å². The van der Waals surface area contributed by atoms with Crippen LogP contribution in [-0.2, 0) is 0 Å². The summed E-state index contributed by atoms with van der Waals surface area (Å²) >= 11 is 0. The summed E-state index contributed by atoms with van der Waals surface area (Å²) in [6.45, 7) is 4.20. The monoisotopic (exact) mass is 283 g/mol. The third-order valence-corrected chi connectivity index (χ3v) is 3.86. The minimum atomic E-state index is -1.16. The second-order valence-electron chi connectivity index (χ2n) is 5.56. The molecule has 6 nitrogen and oxygen atoms in total. The van der Waals surface area contributed by atoms with Crippen molar-refractivity contribution < 1.29 is 9.18 Å². The fourth-order valence-electron chi connectivity index (χ4n) is 2.71. The molecule has 3 atom stereocenters. The van der Waals surface area contributed by atoms with E-state index in [0.717, 1.165) is 19.3 Å². The van der Waals surface area contributed by atoms with E-state index in [0.29, 0.717) is 22.6 Å². The number of rotatable bonds is 1. The Morgan fingerprint density at radius 1 is 1.40 bits per heavy atom. The third-order valence-electron chi connectivity index (χ3n) is 3.86. The van der Waals surface area contributed by atoms with Crippen LogP contribution in [0.3, 0.4) is 0 Å². The number of halogens is 1. The van der Waals surface area contributed by atoms with E-state index in [1.54, 1.807) is 4.98 Å². The van der Waals surface area contributed by atoms with Crippen LogP contribution in [0.1, 0.15) is 33.1 Å². The van der Waals surface area contributed by atoms with Crippen molar-refractivity contribution in [2.45, 2.75) is 39.2 Å². The number of carbonyl (C=O) groups excluding carboxylic acids is 1. The molecule has 1 amide bonds. The molecule has 20 heavy (non-hydrogen) atoms. The van der Waals surface area contributed by atoms with Crippen molar-refractivity contribution >= 4 is 6.03 Å². The summed E-state index contributed by atoms with van der Waals surface area (Å²) in [5.41, 5.74) is -2.07. The predicted molar refractivity (Wildman–Crippen MR) is 71.2 cm³/mol.